The summed E-state index contributed by atoms with van der Waals surface area (Å²) in [5, 5.41) is 0. The molecule has 0 fully saturated rings. The van der Waals surface area contributed by atoms with E-state index in [9.17, 15) is 0 Å². The van der Waals surface area contributed by atoms with E-state index in [2.05, 4.69) is 37.8 Å². The van der Waals surface area contributed by atoms with Crippen LogP contribution in [-0.2, 0) is 0 Å². The van der Waals surface area contributed by atoms with E-state index < -0.39 is 0 Å². The fraction of sp³-hybridized carbons (Fsp3) is 0.231. The number of allylic oxidation sites excluding steroid dienone is 1. The molecule has 0 saturated heterocycles. The Morgan fingerprint density at radius 3 is 2.50 bits per heavy atom. The molecule has 2 N–H and O–H groups in total. The fourth-order valence-corrected chi connectivity index (χ4v) is 1.19. The Kier molecular flexibility index (Phi) is 3.99. The molecule has 1 nitrogen and oxygen atoms in total. The molecule has 0 saturated carbocycles. The Morgan fingerprint density at radius 1 is 1.36 bits per heavy atom. The van der Waals surface area contributed by atoms with Crippen LogP contribution < -0.4 is 5.73 Å². The lowest BCUT2D eigenvalue weighted by Crippen LogP contribution is -1.92. The van der Waals surface area contributed by atoms with Crippen molar-refractivity contribution in [3.8, 4) is 0 Å². The second kappa shape index (κ2) is 5.28. The van der Waals surface area contributed by atoms with Crippen molar-refractivity contribution in [2.45, 2.75) is 19.8 Å². The van der Waals surface area contributed by atoms with Gasteiger partial charge < -0.3 is 5.73 Å². The van der Waals surface area contributed by atoms with Gasteiger partial charge in [-0.25, -0.2) is 0 Å². The minimum absolute atomic E-state index is 0.620. The van der Waals surface area contributed by atoms with Gasteiger partial charge in [0.2, 0.25) is 0 Å². The van der Waals surface area contributed by atoms with Gasteiger partial charge in [0, 0.05) is 5.70 Å². The van der Waals surface area contributed by atoms with E-state index in [0.717, 1.165) is 12.0 Å². The highest BCUT2D eigenvalue weighted by Crippen LogP contribution is 2.10. The van der Waals surface area contributed by atoms with Gasteiger partial charge in [0.05, 0.1) is 0 Å². The van der Waals surface area contributed by atoms with Crippen LogP contribution in [0.4, 0.5) is 0 Å². The number of unbranched alkanes of at least 4 members (excludes halogenated alkanes) is 1. The topological polar surface area (TPSA) is 26.0 Å². The summed E-state index contributed by atoms with van der Waals surface area (Å²) in [4.78, 5) is 0. The third-order valence-corrected chi connectivity index (χ3v) is 2.05. The summed E-state index contributed by atoms with van der Waals surface area (Å²) in [5.74, 6) is 0. The van der Waals surface area contributed by atoms with Crippen LogP contribution in [0.25, 0.3) is 11.8 Å². The Morgan fingerprint density at radius 2 is 2.00 bits per heavy atom. The van der Waals surface area contributed by atoms with Crippen LogP contribution in [0.1, 0.15) is 30.9 Å². The van der Waals surface area contributed by atoms with E-state index in [1.165, 1.54) is 12.0 Å². The third kappa shape index (κ3) is 3.09. The lowest BCUT2D eigenvalue weighted by molar-refractivity contribution is 0.962. The SMILES string of the molecule is C=C(N)c1ccc(/C=C/CCC)cc1. The maximum absolute atomic E-state index is 5.57. The van der Waals surface area contributed by atoms with Crippen molar-refractivity contribution < 1.29 is 0 Å². The third-order valence-electron chi connectivity index (χ3n) is 2.05. The van der Waals surface area contributed by atoms with Crippen molar-refractivity contribution in [2.24, 2.45) is 5.73 Å². The maximum atomic E-state index is 5.57. The first-order chi connectivity index (χ1) is 6.74. The average molecular weight is 187 g/mol. The summed E-state index contributed by atoms with van der Waals surface area (Å²) in [6, 6.07) is 8.10. The molecule has 1 rings (SSSR count). The van der Waals surface area contributed by atoms with Crippen molar-refractivity contribution in [2.75, 3.05) is 0 Å². The molecule has 0 heterocycles. The Balaban J connectivity index is 2.68. The molecule has 0 amide bonds. The van der Waals surface area contributed by atoms with E-state index >= 15 is 0 Å². The summed E-state index contributed by atoms with van der Waals surface area (Å²) >= 11 is 0. The molecule has 0 aromatic heterocycles. The summed E-state index contributed by atoms with van der Waals surface area (Å²) in [7, 11) is 0. The van der Waals surface area contributed by atoms with Gasteiger partial charge in [0.1, 0.15) is 0 Å². The molecule has 1 aromatic rings. The van der Waals surface area contributed by atoms with Crippen LogP contribution in [0, 0.1) is 0 Å². The standard InChI is InChI=1S/C13H17N/c1-3-4-5-6-12-7-9-13(10-8-12)11(2)14/h5-10H,2-4,14H2,1H3/b6-5+. The van der Waals surface area contributed by atoms with Crippen molar-refractivity contribution in [1.82, 2.24) is 0 Å². The molecule has 0 atom stereocenters. The van der Waals surface area contributed by atoms with Crippen LogP contribution in [0.3, 0.4) is 0 Å². The molecule has 0 spiro atoms. The van der Waals surface area contributed by atoms with Crippen LogP contribution in [-0.4, -0.2) is 0 Å². The Bertz CT molecular complexity index is 320. The molecule has 1 aromatic carbocycles. The van der Waals surface area contributed by atoms with E-state index in [1.807, 2.05) is 12.1 Å². The number of nitrogens with two attached hydrogens (primary N) is 1. The van der Waals surface area contributed by atoms with E-state index in [1.54, 1.807) is 0 Å². The largest absolute Gasteiger partial charge is 0.399 e. The zero-order valence-corrected chi connectivity index (χ0v) is 8.66. The summed E-state index contributed by atoms with van der Waals surface area (Å²) < 4.78 is 0. The number of benzene rings is 1. The molecular formula is C13H17N. The molecule has 14 heavy (non-hydrogen) atoms. The van der Waals surface area contributed by atoms with Crippen LogP contribution in [0.5, 0.6) is 0 Å². The van der Waals surface area contributed by atoms with Gasteiger partial charge in [0.15, 0.2) is 0 Å². The van der Waals surface area contributed by atoms with Gasteiger partial charge in [0.25, 0.3) is 0 Å². The Labute approximate surface area is 85.9 Å². The molecule has 0 unspecified atom stereocenters. The van der Waals surface area contributed by atoms with Crippen molar-refractivity contribution in [3.05, 3.63) is 48.0 Å². The van der Waals surface area contributed by atoms with E-state index in [-0.39, 0.29) is 0 Å². The summed E-state index contributed by atoms with van der Waals surface area (Å²) in [6.07, 6.45) is 6.64. The van der Waals surface area contributed by atoms with Crippen molar-refractivity contribution >= 4 is 11.8 Å². The number of hydrogen-bond donors (Lipinski definition) is 1. The predicted molar refractivity (Wildman–Crippen MR) is 63.6 cm³/mol. The van der Waals surface area contributed by atoms with Gasteiger partial charge in [-0.1, -0.05) is 56.3 Å². The van der Waals surface area contributed by atoms with Gasteiger partial charge >= 0.3 is 0 Å². The molecule has 0 bridgehead atoms. The lowest BCUT2D eigenvalue weighted by Gasteiger charge is -1.99. The zero-order valence-electron chi connectivity index (χ0n) is 8.66. The van der Waals surface area contributed by atoms with E-state index in [0.29, 0.717) is 5.70 Å². The first kappa shape index (κ1) is 10.6. The molecule has 0 aliphatic rings. The number of rotatable bonds is 4. The van der Waals surface area contributed by atoms with E-state index in [4.69, 9.17) is 5.73 Å². The van der Waals surface area contributed by atoms with Gasteiger partial charge in [-0.2, -0.15) is 0 Å². The van der Waals surface area contributed by atoms with Gasteiger partial charge in [-0.3, -0.25) is 0 Å². The van der Waals surface area contributed by atoms with Crippen LogP contribution in [0.2, 0.25) is 0 Å². The summed E-state index contributed by atoms with van der Waals surface area (Å²) in [5.41, 5.74) is 8.40. The maximum Gasteiger partial charge on any atom is 0.0314 e. The molecule has 0 aliphatic carbocycles. The second-order valence-electron chi connectivity index (χ2n) is 3.34. The highest BCUT2D eigenvalue weighted by atomic mass is 14.6. The van der Waals surface area contributed by atoms with Crippen LogP contribution in [0.15, 0.2) is 36.9 Å². The van der Waals surface area contributed by atoms with Gasteiger partial charge in [-0.15, -0.1) is 0 Å². The fourth-order valence-electron chi connectivity index (χ4n) is 1.19. The minimum Gasteiger partial charge on any atom is -0.399 e. The molecule has 1 heteroatoms. The molecule has 0 radical (unpaired) electrons. The quantitative estimate of drug-likeness (QED) is 0.767. The monoisotopic (exact) mass is 187 g/mol. The Hall–Kier alpha value is -1.50. The minimum atomic E-state index is 0.620. The molecular weight excluding hydrogens is 170 g/mol. The summed E-state index contributed by atoms with van der Waals surface area (Å²) in [6.45, 7) is 5.86. The lowest BCUT2D eigenvalue weighted by atomic mass is 10.1. The predicted octanol–water partition coefficient (Wildman–Crippen LogP) is 3.43. The first-order valence-electron chi connectivity index (χ1n) is 4.95. The van der Waals surface area contributed by atoms with Crippen molar-refractivity contribution in [3.63, 3.8) is 0 Å². The second-order valence-corrected chi connectivity index (χ2v) is 3.34. The first-order valence-corrected chi connectivity index (χ1v) is 4.95. The van der Waals surface area contributed by atoms with Crippen molar-refractivity contribution in [1.29, 1.82) is 0 Å². The highest BCUT2D eigenvalue weighted by Gasteiger charge is 1.92. The molecule has 74 valence electrons. The van der Waals surface area contributed by atoms with Crippen LogP contribution >= 0.6 is 0 Å². The smallest absolute Gasteiger partial charge is 0.0314 e. The highest BCUT2D eigenvalue weighted by molar-refractivity contribution is 5.62. The number of hydrogen-bond acceptors (Lipinski definition) is 1. The average Bonchev–Trinajstić information content (AvgIpc) is 2.19. The molecule has 0 aliphatic heterocycles. The van der Waals surface area contributed by atoms with Gasteiger partial charge in [-0.05, 0) is 17.5 Å². The zero-order chi connectivity index (χ0) is 10.4. The normalized spacial score (nSPS) is 10.6.